The van der Waals surface area contributed by atoms with Crippen molar-refractivity contribution >= 4 is 21.8 Å². The molecule has 1 N–H and O–H groups in total. The molecule has 0 bridgehead atoms. The van der Waals surface area contributed by atoms with E-state index in [0.717, 1.165) is 29.3 Å². The number of carbonyl (C=O) groups excluding carboxylic acids is 1. The summed E-state index contributed by atoms with van der Waals surface area (Å²) in [6.45, 7) is 0.614. The highest BCUT2D eigenvalue weighted by Crippen LogP contribution is 2.33. The standard InChI is InChI=1S/C17H22BrNO3/c1-21-15-10-13(14(18)11-16(15)22-2)7-8-19-17(20)9-12-5-3-4-6-12/h3,5,10-12H,4,6-9H2,1-2H3,(H,19,20). The summed E-state index contributed by atoms with van der Waals surface area (Å²) >= 11 is 3.53. The van der Waals surface area contributed by atoms with E-state index < -0.39 is 0 Å². The van der Waals surface area contributed by atoms with E-state index in [4.69, 9.17) is 9.47 Å². The summed E-state index contributed by atoms with van der Waals surface area (Å²) in [5.74, 6) is 1.92. The van der Waals surface area contributed by atoms with Crippen LogP contribution in [0, 0.1) is 5.92 Å². The lowest BCUT2D eigenvalue weighted by Crippen LogP contribution is -2.27. The Morgan fingerprint density at radius 2 is 2.05 bits per heavy atom. The van der Waals surface area contributed by atoms with Gasteiger partial charge in [-0.25, -0.2) is 0 Å². The highest BCUT2D eigenvalue weighted by atomic mass is 79.9. The fourth-order valence-electron chi connectivity index (χ4n) is 2.60. The van der Waals surface area contributed by atoms with E-state index in [-0.39, 0.29) is 5.91 Å². The average Bonchev–Trinajstić information content (AvgIpc) is 3.01. The number of amides is 1. The van der Waals surface area contributed by atoms with Crippen molar-refractivity contribution in [3.8, 4) is 11.5 Å². The van der Waals surface area contributed by atoms with Gasteiger partial charge in [0.1, 0.15) is 0 Å². The molecule has 1 aromatic rings. The number of nitrogens with one attached hydrogen (secondary N) is 1. The predicted octanol–water partition coefficient (Wildman–Crippen LogP) is 3.48. The van der Waals surface area contributed by atoms with Gasteiger partial charge < -0.3 is 14.8 Å². The molecular weight excluding hydrogens is 346 g/mol. The molecule has 0 saturated carbocycles. The quantitative estimate of drug-likeness (QED) is 0.750. The minimum Gasteiger partial charge on any atom is -0.493 e. The average molecular weight is 368 g/mol. The number of rotatable bonds is 7. The molecule has 0 spiro atoms. The first-order valence-electron chi connectivity index (χ1n) is 7.47. The maximum Gasteiger partial charge on any atom is 0.220 e. The van der Waals surface area contributed by atoms with Gasteiger partial charge in [0.2, 0.25) is 5.91 Å². The van der Waals surface area contributed by atoms with Gasteiger partial charge in [-0.05, 0) is 42.9 Å². The molecule has 0 heterocycles. The van der Waals surface area contributed by atoms with Crippen LogP contribution in [-0.4, -0.2) is 26.7 Å². The second-order valence-electron chi connectivity index (χ2n) is 5.37. The number of halogens is 1. The number of ether oxygens (including phenoxy) is 2. The van der Waals surface area contributed by atoms with Gasteiger partial charge in [0, 0.05) is 17.4 Å². The van der Waals surface area contributed by atoms with Gasteiger partial charge in [-0.3, -0.25) is 4.79 Å². The van der Waals surface area contributed by atoms with Crippen LogP contribution in [0.3, 0.4) is 0 Å². The van der Waals surface area contributed by atoms with E-state index in [1.165, 1.54) is 0 Å². The molecule has 4 nitrogen and oxygen atoms in total. The van der Waals surface area contributed by atoms with Gasteiger partial charge in [-0.15, -0.1) is 0 Å². The fourth-order valence-corrected chi connectivity index (χ4v) is 3.12. The summed E-state index contributed by atoms with van der Waals surface area (Å²) in [6, 6.07) is 3.83. The van der Waals surface area contributed by atoms with E-state index >= 15 is 0 Å². The van der Waals surface area contributed by atoms with Crippen LogP contribution in [0.4, 0.5) is 0 Å². The minimum absolute atomic E-state index is 0.119. The topological polar surface area (TPSA) is 47.6 Å². The number of hydrogen-bond donors (Lipinski definition) is 1. The summed E-state index contributed by atoms with van der Waals surface area (Å²) < 4.78 is 11.5. The van der Waals surface area contributed by atoms with Crippen LogP contribution >= 0.6 is 15.9 Å². The zero-order chi connectivity index (χ0) is 15.9. The first-order valence-corrected chi connectivity index (χ1v) is 8.27. The van der Waals surface area contributed by atoms with Gasteiger partial charge in [-0.1, -0.05) is 28.1 Å². The largest absolute Gasteiger partial charge is 0.493 e. The number of hydrogen-bond acceptors (Lipinski definition) is 3. The van der Waals surface area contributed by atoms with Crippen LogP contribution in [0.25, 0.3) is 0 Å². The normalized spacial score (nSPS) is 16.6. The van der Waals surface area contributed by atoms with Crippen molar-refractivity contribution in [2.75, 3.05) is 20.8 Å². The molecule has 0 aliphatic heterocycles. The third kappa shape index (κ3) is 4.50. The summed E-state index contributed by atoms with van der Waals surface area (Å²) in [5, 5.41) is 2.99. The first-order chi connectivity index (χ1) is 10.6. The van der Waals surface area contributed by atoms with E-state index in [2.05, 4.69) is 33.4 Å². The highest BCUT2D eigenvalue weighted by molar-refractivity contribution is 9.10. The molecule has 1 atom stereocenters. The van der Waals surface area contributed by atoms with Crippen molar-refractivity contribution in [1.29, 1.82) is 0 Å². The number of allylic oxidation sites excluding steroid dienone is 2. The van der Waals surface area contributed by atoms with Crippen molar-refractivity contribution in [3.05, 3.63) is 34.3 Å². The van der Waals surface area contributed by atoms with Crippen molar-refractivity contribution in [2.24, 2.45) is 5.92 Å². The lowest BCUT2D eigenvalue weighted by atomic mass is 10.0. The van der Waals surface area contributed by atoms with E-state index in [1.54, 1.807) is 14.2 Å². The Balaban J connectivity index is 1.85. The highest BCUT2D eigenvalue weighted by Gasteiger charge is 2.14. The van der Waals surface area contributed by atoms with Crippen LogP contribution < -0.4 is 14.8 Å². The smallest absolute Gasteiger partial charge is 0.220 e. The summed E-state index contributed by atoms with van der Waals surface area (Å²) in [4.78, 5) is 11.9. The Kier molecular flexibility index (Phi) is 6.31. The molecule has 5 heteroatoms. The maximum atomic E-state index is 11.9. The van der Waals surface area contributed by atoms with Crippen molar-refractivity contribution in [2.45, 2.75) is 25.7 Å². The third-order valence-corrected chi connectivity index (χ3v) is 4.57. The van der Waals surface area contributed by atoms with Gasteiger partial charge in [-0.2, -0.15) is 0 Å². The lowest BCUT2D eigenvalue weighted by molar-refractivity contribution is -0.121. The Morgan fingerprint density at radius 1 is 1.32 bits per heavy atom. The number of benzene rings is 1. The molecule has 0 fully saturated rings. The molecule has 120 valence electrons. The van der Waals surface area contributed by atoms with E-state index in [1.807, 2.05) is 12.1 Å². The Morgan fingerprint density at radius 3 is 2.68 bits per heavy atom. The van der Waals surface area contributed by atoms with Crippen LogP contribution in [-0.2, 0) is 11.2 Å². The lowest BCUT2D eigenvalue weighted by Gasteiger charge is -2.13. The Hall–Kier alpha value is -1.49. The molecule has 1 aliphatic carbocycles. The van der Waals surface area contributed by atoms with Gasteiger partial charge >= 0.3 is 0 Å². The van der Waals surface area contributed by atoms with Gasteiger partial charge in [0.25, 0.3) is 0 Å². The SMILES string of the molecule is COc1cc(Br)c(CCNC(=O)CC2C=CCC2)cc1OC. The third-order valence-electron chi connectivity index (χ3n) is 3.83. The molecule has 2 rings (SSSR count). The monoisotopic (exact) mass is 367 g/mol. The minimum atomic E-state index is 0.119. The molecule has 1 aromatic carbocycles. The Bertz CT molecular complexity index is 557. The molecule has 0 aromatic heterocycles. The first kappa shape index (κ1) is 16.9. The summed E-state index contributed by atoms with van der Waals surface area (Å²) in [6.07, 6.45) is 7.81. The van der Waals surface area contributed by atoms with Crippen LogP contribution in [0.5, 0.6) is 11.5 Å². The van der Waals surface area contributed by atoms with Crippen LogP contribution in [0.2, 0.25) is 0 Å². The predicted molar refractivity (Wildman–Crippen MR) is 90.4 cm³/mol. The molecule has 1 amide bonds. The van der Waals surface area contributed by atoms with E-state index in [0.29, 0.717) is 30.4 Å². The fraction of sp³-hybridized carbons (Fsp3) is 0.471. The molecule has 1 aliphatic rings. The Labute approximate surface area is 140 Å². The molecule has 0 radical (unpaired) electrons. The van der Waals surface area contributed by atoms with Crippen LogP contribution in [0.1, 0.15) is 24.8 Å². The van der Waals surface area contributed by atoms with Gasteiger partial charge in [0.05, 0.1) is 14.2 Å². The summed E-state index contributed by atoms with van der Waals surface area (Å²) in [5.41, 5.74) is 1.08. The van der Waals surface area contributed by atoms with Crippen molar-refractivity contribution < 1.29 is 14.3 Å². The zero-order valence-corrected chi connectivity index (χ0v) is 14.6. The van der Waals surface area contributed by atoms with Crippen molar-refractivity contribution in [3.63, 3.8) is 0 Å². The summed E-state index contributed by atoms with van der Waals surface area (Å²) in [7, 11) is 3.23. The molecular formula is C17H22BrNO3. The molecule has 0 saturated heterocycles. The number of carbonyl (C=O) groups is 1. The number of methoxy groups -OCH3 is 2. The molecule has 22 heavy (non-hydrogen) atoms. The van der Waals surface area contributed by atoms with Gasteiger partial charge in [0.15, 0.2) is 11.5 Å². The second-order valence-corrected chi connectivity index (χ2v) is 6.22. The van der Waals surface area contributed by atoms with E-state index in [9.17, 15) is 4.79 Å². The van der Waals surface area contributed by atoms with Crippen LogP contribution in [0.15, 0.2) is 28.8 Å². The van der Waals surface area contributed by atoms with Crippen molar-refractivity contribution in [1.82, 2.24) is 5.32 Å². The zero-order valence-electron chi connectivity index (χ0n) is 13.0. The molecule has 1 unspecified atom stereocenters. The second kappa shape index (κ2) is 8.22. The maximum absolute atomic E-state index is 11.9.